The van der Waals surface area contributed by atoms with Gasteiger partial charge in [0.05, 0.1) is 11.8 Å². The molecule has 0 spiro atoms. The SMILES string of the molecule is CC(SCC1=C(C(=O)O)CCC1=O)C(=O)O.O=C1CN1. The number of Topliss-reactive ketones (excluding diaryl/α,β-unsaturated/α-hetero) is 1. The summed E-state index contributed by atoms with van der Waals surface area (Å²) in [5, 5.41) is 19.3. The van der Waals surface area contributed by atoms with Crippen LogP contribution in [0.5, 0.6) is 0 Å². The fourth-order valence-corrected chi connectivity index (χ4v) is 2.32. The van der Waals surface area contributed by atoms with E-state index in [4.69, 9.17) is 10.2 Å². The van der Waals surface area contributed by atoms with Gasteiger partial charge in [-0.1, -0.05) is 0 Å². The van der Waals surface area contributed by atoms with Crippen LogP contribution in [0.4, 0.5) is 0 Å². The first kappa shape index (κ1) is 16.2. The quantitative estimate of drug-likeness (QED) is 0.611. The number of hydrogen-bond donors (Lipinski definition) is 3. The number of carbonyl (C=O) groups excluding carboxylic acids is 2. The lowest BCUT2D eigenvalue weighted by molar-refractivity contribution is -0.136. The van der Waals surface area contributed by atoms with Crippen LogP contribution in [0, 0.1) is 0 Å². The molecule has 2 rings (SSSR count). The van der Waals surface area contributed by atoms with Crippen LogP contribution in [0.3, 0.4) is 0 Å². The summed E-state index contributed by atoms with van der Waals surface area (Å²) < 4.78 is 0. The number of ketones is 1. The average molecular weight is 301 g/mol. The minimum atomic E-state index is -1.08. The molecule has 3 N–H and O–H groups in total. The van der Waals surface area contributed by atoms with Crippen molar-refractivity contribution in [1.82, 2.24) is 5.32 Å². The molecule has 1 unspecified atom stereocenters. The van der Waals surface area contributed by atoms with Gasteiger partial charge < -0.3 is 15.5 Å². The Labute approximate surface area is 119 Å². The third-order valence-electron chi connectivity index (χ3n) is 2.71. The van der Waals surface area contributed by atoms with Crippen molar-refractivity contribution >= 4 is 35.4 Å². The van der Waals surface area contributed by atoms with Crippen LogP contribution in [0.15, 0.2) is 11.1 Å². The summed E-state index contributed by atoms with van der Waals surface area (Å²) in [6.45, 7) is 2.10. The van der Waals surface area contributed by atoms with Crippen molar-refractivity contribution in [2.75, 3.05) is 12.3 Å². The first-order chi connectivity index (χ1) is 9.32. The van der Waals surface area contributed by atoms with Crippen LogP contribution in [0.2, 0.25) is 0 Å². The van der Waals surface area contributed by atoms with E-state index >= 15 is 0 Å². The largest absolute Gasteiger partial charge is 0.480 e. The summed E-state index contributed by atoms with van der Waals surface area (Å²) in [4.78, 5) is 42.2. The average Bonchev–Trinajstić information content (AvgIpc) is 3.05. The minimum absolute atomic E-state index is 0.134. The van der Waals surface area contributed by atoms with Crippen LogP contribution in [-0.4, -0.2) is 51.4 Å². The monoisotopic (exact) mass is 301 g/mol. The van der Waals surface area contributed by atoms with Gasteiger partial charge in [0.15, 0.2) is 5.78 Å². The van der Waals surface area contributed by atoms with Gasteiger partial charge in [0, 0.05) is 23.3 Å². The van der Waals surface area contributed by atoms with E-state index in [-0.39, 0.29) is 41.4 Å². The number of nitrogens with one attached hydrogen (secondary N) is 1. The number of carbonyl (C=O) groups is 4. The van der Waals surface area contributed by atoms with Gasteiger partial charge in [-0.3, -0.25) is 14.4 Å². The van der Waals surface area contributed by atoms with Crippen molar-refractivity contribution in [2.45, 2.75) is 25.0 Å². The normalized spacial score (nSPS) is 18.1. The van der Waals surface area contributed by atoms with Crippen LogP contribution in [0.25, 0.3) is 0 Å². The zero-order valence-corrected chi connectivity index (χ0v) is 11.7. The van der Waals surface area contributed by atoms with Gasteiger partial charge in [-0.05, 0) is 13.3 Å². The van der Waals surface area contributed by atoms with Gasteiger partial charge in [0.25, 0.3) is 0 Å². The molecule has 1 fully saturated rings. The maximum Gasteiger partial charge on any atom is 0.332 e. The molecule has 20 heavy (non-hydrogen) atoms. The molecule has 1 aliphatic carbocycles. The fraction of sp³-hybridized carbons (Fsp3) is 0.500. The molecule has 0 saturated carbocycles. The van der Waals surface area contributed by atoms with E-state index in [1.54, 1.807) is 0 Å². The van der Waals surface area contributed by atoms with Crippen molar-refractivity contribution in [3.63, 3.8) is 0 Å². The second-order valence-electron chi connectivity index (χ2n) is 4.25. The second kappa shape index (κ2) is 7.09. The lowest BCUT2D eigenvalue weighted by Gasteiger charge is -2.06. The number of carboxylic acid groups (broad SMARTS) is 2. The van der Waals surface area contributed by atoms with Gasteiger partial charge in [-0.2, -0.15) is 0 Å². The Morgan fingerprint density at radius 1 is 1.30 bits per heavy atom. The first-order valence-corrected chi connectivity index (χ1v) is 6.97. The van der Waals surface area contributed by atoms with E-state index in [1.165, 1.54) is 6.92 Å². The maximum absolute atomic E-state index is 11.4. The summed E-state index contributed by atoms with van der Waals surface area (Å²) in [6, 6.07) is 0. The van der Waals surface area contributed by atoms with Crippen molar-refractivity contribution in [3.8, 4) is 0 Å². The number of aliphatic carboxylic acids is 2. The second-order valence-corrected chi connectivity index (χ2v) is 5.58. The molecule has 0 aromatic heterocycles. The van der Waals surface area contributed by atoms with E-state index in [1.807, 2.05) is 0 Å². The molecule has 8 heteroatoms. The Bertz CT molecular complexity index is 478. The van der Waals surface area contributed by atoms with Crippen LogP contribution in [0.1, 0.15) is 19.8 Å². The molecule has 0 radical (unpaired) electrons. The predicted molar refractivity (Wildman–Crippen MR) is 71.5 cm³/mol. The Kier molecular flexibility index (Phi) is 5.75. The Morgan fingerprint density at radius 3 is 2.25 bits per heavy atom. The van der Waals surface area contributed by atoms with Crippen molar-refractivity contribution in [3.05, 3.63) is 11.1 Å². The lowest BCUT2D eigenvalue weighted by atomic mass is 10.2. The number of rotatable bonds is 5. The molecule has 0 bridgehead atoms. The standard InChI is InChI=1S/C10H12O5S.C2H3NO/c1-5(9(12)13)16-4-7-6(10(14)15)2-3-8(7)11;4-2-1-3-2/h5H,2-4H2,1H3,(H,12,13)(H,14,15);1H2,(H,3,4). The van der Waals surface area contributed by atoms with E-state index in [0.29, 0.717) is 6.54 Å². The predicted octanol–water partition coefficient (Wildman–Crippen LogP) is 0.0530. The lowest BCUT2D eigenvalue weighted by Crippen LogP contribution is -2.14. The zero-order chi connectivity index (χ0) is 15.3. The van der Waals surface area contributed by atoms with Crippen LogP contribution in [-0.2, 0) is 19.2 Å². The molecule has 0 aromatic carbocycles. The van der Waals surface area contributed by atoms with Crippen LogP contribution >= 0.6 is 11.8 Å². The molecule has 7 nitrogen and oxygen atoms in total. The topological polar surface area (TPSA) is 131 Å². The highest BCUT2D eigenvalue weighted by Crippen LogP contribution is 2.27. The summed E-state index contributed by atoms with van der Waals surface area (Å²) in [5.74, 6) is -1.90. The molecule has 110 valence electrons. The smallest absolute Gasteiger partial charge is 0.332 e. The molecule has 1 saturated heterocycles. The molecule has 1 heterocycles. The van der Waals surface area contributed by atoms with Gasteiger partial charge in [-0.25, -0.2) is 4.79 Å². The Hall–Kier alpha value is -1.83. The number of hydrogen-bond acceptors (Lipinski definition) is 5. The molecular weight excluding hydrogens is 286 g/mol. The number of amides is 1. The molecule has 1 amide bonds. The molecular formula is C12H15NO6S. The van der Waals surface area contributed by atoms with E-state index in [0.717, 1.165) is 11.8 Å². The van der Waals surface area contributed by atoms with Gasteiger partial charge in [-0.15, -0.1) is 11.8 Å². The number of carboxylic acids is 2. The van der Waals surface area contributed by atoms with Crippen molar-refractivity contribution in [2.24, 2.45) is 0 Å². The highest BCUT2D eigenvalue weighted by atomic mass is 32.2. The van der Waals surface area contributed by atoms with E-state index < -0.39 is 17.2 Å². The summed E-state index contributed by atoms with van der Waals surface area (Å²) >= 11 is 1.07. The molecule has 0 aromatic rings. The van der Waals surface area contributed by atoms with Crippen molar-refractivity contribution < 1.29 is 29.4 Å². The Balaban J connectivity index is 0.000000425. The maximum atomic E-state index is 11.4. The summed E-state index contributed by atoms with van der Waals surface area (Å²) in [7, 11) is 0. The third kappa shape index (κ3) is 5.04. The van der Waals surface area contributed by atoms with E-state index in [9.17, 15) is 19.2 Å². The van der Waals surface area contributed by atoms with Gasteiger partial charge in [0.2, 0.25) is 5.91 Å². The minimum Gasteiger partial charge on any atom is -0.480 e. The zero-order valence-electron chi connectivity index (χ0n) is 10.8. The van der Waals surface area contributed by atoms with Crippen molar-refractivity contribution in [1.29, 1.82) is 0 Å². The molecule has 1 aliphatic heterocycles. The number of thioether (sulfide) groups is 1. The van der Waals surface area contributed by atoms with E-state index in [2.05, 4.69) is 5.32 Å². The molecule has 2 aliphatic rings. The van der Waals surface area contributed by atoms with Gasteiger partial charge >= 0.3 is 11.9 Å². The fourth-order valence-electron chi connectivity index (χ4n) is 1.43. The first-order valence-electron chi connectivity index (χ1n) is 5.92. The summed E-state index contributed by atoms with van der Waals surface area (Å²) in [6.07, 6.45) is 0.477. The highest BCUT2D eigenvalue weighted by Gasteiger charge is 2.28. The summed E-state index contributed by atoms with van der Waals surface area (Å²) in [5.41, 5.74) is 0.403. The highest BCUT2D eigenvalue weighted by molar-refractivity contribution is 8.00. The van der Waals surface area contributed by atoms with Gasteiger partial charge in [0.1, 0.15) is 0 Å². The Morgan fingerprint density at radius 2 is 1.85 bits per heavy atom. The van der Waals surface area contributed by atoms with Crippen LogP contribution < -0.4 is 5.32 Å². The molecule has 1 atom stereocenters. The third-order valence-corrected chi connectivity index (χ3v) is 3.86.